The first-order valence-electron chi connectivity index (χ1n) is 9.74. The van der Waals surface area contributed by atoms with Gasteiger partial charge in [0.1, 0.15) is 11.8 Å². The van der Waals surface area contributed by atoms with Crippen LogP contribution in [0.3, 0.4) is 0 Å². The van der Waals surface area contributed by atoms with E-state index in [1.807, 2.05) is 61.7 Å². The van der Waals surface area contributed by atoms with Gasteiger partial charge in [-0.2, -0.15) is 0 Å². The van der Waals surface area contributed by atoms with Gasteiger partial charge in [-0.1, -0.05) is 13.0 Å². The largest absolute Gasteiger partial charge is 0.494 e. The first-order valence-corrected chi connectivity index (χ1v) is 10.1. The van der Waals surface area contributed by atoms with Crippen LogP contribution in [-0.4, -0.2) is 28.1 Å². The summed E-state index contributed by atoms with van der Waals surface area (Å²) in [6.07, 6.45) is 4.07. The summed E-state index contributed by atoms with van der Waals surface area (Å²) < 4.78 is 5.54. The topological polar surface area (TPSA) is 82.3 Å². The number of nitrogens with zero attached hydrogens (tertiary/aromatic N) is 2. The van der Waals surface area contributed by atoms with E-state index in [4.69, 9.17) is 17.0 Å². The lowest BCUT2D eigenvalue weighted by atomic mass is 10.0. The molecule has 3 heterocycles. The monoisotopic (exact) mass is 421 g/mol. The molecule has 4 rings (SSSR count). The van der Waals surface area contributed by atoms with E-state index in [1.54, 1.807) is 13.3 Å². The standard InChI is InChI=1S/C22H23N5O2S/c1-3-19(28)25-15-10-9-14(13-18(15)29-2)27-21(17-8-6-12-24-17)20(26-22(27)30)16-7-4-5-11-23-16/h4-13,20-21,24H,3H2,1-2H3,(H,25,28)(H,26,30)/t20-,21+/m0/s1. The Labute approximate surface area is 180 Å². The van der Waals surface area contributed by atoms with Gasteiger partial charge in [-0.3, -0.25) is 9.78 Å². The Morgan fingerprint density at radius 1 is 1.27 bits per heavy atom. The van der Waals surface area contributed by atoms with Gasteiger partial charge in [0.25, 0.3) is 0 Å². The zero-order valence-electron chi connectivity index (χ0n) is 16.8. The molecule has 154 valence electrons. The maximum absolute atomic E-state index is 11.8. The lowest BCUT2D eigenvalue weighted by Gasteiger charge is -2.27. The molecule has 3 N–H and O–H groups in total. The third kappa shape index (κ3) is 3.73. The van der Waals surface area contributed by atoms with Gasteiger partial charge in [-0.25, -0.2) is 0 Å². The number of anilines is 2. The van der Waals surface area contributed by atoms with Gasteiger partial charge in [-0.15, -0.1) is 0 Å². The van der Waals surface area contributed by atoms with E-state index < -0.39 is 0 Å². The minimum Gasteiger partial charge on any atom is -0.494 e. The molecule has 2 aromatic heterocycles. The van der Waals surface area contributed by atoms with Crippen LogP contribution in [0.25, 0.3) is 0 Å². The number of pyridine rings is 1. The van der Waals surface area contributed by atoms with Gasteiger partial charge in [0, 0.05) is 36.3 Å². The molecule has 1 aliphatic heterocycles. The number of aromatic amines is 1. The van der Waals surface area contributed by atoms with Gasteiger partial charge in [0.15, 0.2) is 5.11 Å². The summed E-state index contributed by atoms with van der Waals surface area (Å²) in [5, 5.41) is 6.88. The van der Waals surface area contributed by atoms with Crippen molar-refractivity contribution in [2.24, 2.45) is 0 Å². The van der Waals surface area contributed by atoms with Crippen molar-refractivity contribution in [2.45, 2.75) is 25.4 Å². The van der Waals surface area contributed by atoms with Crippen LogP contribution in [0.4, 0.5) is 11.4 Å². The third-order valence-electron chi connectivity index (χ3n) is 5.10. The number of benzene rings is 1. The lowest BCUT2D eigenvalue weighted by molar-refractivity contribution is -0.115. The predicted octanol–water partition coefficient (Wildman–Crippen LogP) is 3.94. The average Bonchev–Trinajstić information content (AvgIpc) is 3.42. The highest BCUT2D eigenvalue weighted by molar-refractivity contribution is 7.80. The van der Waals surface area contributed by atoms with Gasteiger partial charge in [0.05, 0.1) is 24.5 Å². The number of H-pyrrole nitrogens is 1. The highest BCUT2D eigenvalue weighted by Gasteiger charge is 2.41. The summed E-state index contributed by atoms with van der Waals surface area (Å²) in [5.74, 6) is 0.502. The van der Waals surface area contributed by atoms with Crippen molar-refractivity contribution in [3.05, 3.63) is 72.3 Å². The first kappa shape index (κ1) is 19.9. The van der Waals surface area contributed by atoms with E-state index in [9.17, 15) is 4.79 Å². The fourth-order valence-electron chi connectivity index (χ4n) is 3.65. The van der Waals surface area contributed by atoms with Crippen molar-refractivity contribution in [1.82, 2.24) is 15.3 Å². The predicted molar refractivity (Wildman–Crippen MR) is 121 cm³/mol. The molecule has 7 nitrogen and oxygen atoms in total. The molecule has 1 aromatic carbocycles. The number of carbonyl (C=O) groups excluding carboxylic acids is 1. The number of nitrogens with one attached hydrogen (secondary N) is 3. The number of methoxy groups -OCH3 is 1. The maximum Gasteiger partial charge on any atom is 0.224 e. The molecule has 2 atom stereocenters. The van der Waals surface area contributed by atoms with Crippen LogP contribution in [0.2, 0.25) is 0 Å². The molecule has 1 amide bonds. The van der Waals surface area contributed by atoms with Crippen molar-refractivity contribution < 1.29 is 9.53 Å². The highest BCUT2D eigenvalue weighted by Crippen LogP contribution is 2.42. The van der Waals surface area contributed by atoms with E-state index in [1.165, 1.54) is 0 Å². The molecule has 1 aliphatic rings. The Balaban J connectivity index is 1.75. The molecule has 0 aliphatic carbocycles. The minimum atomic E-state index is -0.122. The summed E-state index contributed by atoms with van der Waals surface area (Å²) in [7, 11) is 1.58. The summed E-state index contributed by atoms with van der Waals surface area (Å²) in [5.41, 5.74) is 3.40. The summed E-state index contributed by atoms with van der Waals surface area (Å²) >= 11 is 5.71. The van der Waals surface area contributed by atoms with Crippen LogP contribution in [0, 0.1) is 0 Å². The Hall–Kier alpha value is -3.39. The molecule has 3 aromatic rings. The number of ether oxygens (including phenoxy) is 1. The van der Waals surface area contributed by atoms with Gasteiger partial charge >= 0.3 is 0 Å². The molecule has 1 fully saturated rings. The van der Waals surface area contributed by atoms with Crippen molar-refractivity contribution in [3.8, 4) is 5.75 Å². The van der Waals surface area contributed by atoms with Crippen LogP contribution < -0.4 is 20.3 Å². The normalized spacial score (nSPS) is 18.2. The Morgan fingerprint density at radius 3 is 2.80 bits per heavy atom. The van der Waals surface area contributed by atoms with Gasteiger partial charge < -0.3 is 25.3 Å². The average molecular weight is 422 g/mol. The van der Waals surface area contributed by atoms with Crippen molar-refractivity contribution in [1.29, 1.82) is 0 Å². The van der Waals surface area contributed by atoms with E-state index in [-0.39, 0.29) is 18.0 Å². The van der Waals surface area contributed by atoms with Crippen molar-refractivity contribution >= 4 is 34.6 Å². The number of aromatic nitrogens is 2. The maximum atomic E-state index is 11.8. The molecule has 30 heavy (non-hydrogen) atoms. The van der Waals surface area contributed by atoms with Crippen molar-refractivity contribution in [3.63, 3.8) is 0 Å². The number of hydrogen-bond donors (Lipinski definition) is 3. The second-order valence-electron chi connectivity index (χ2n) is 6.91. The molecule has 0 spiro atoms. The second kappa shape index (κ2) is 8.54. The summed E-state index contributed by atoms with van der Waals surface area (Å²) in [6.45, 7) is 1.81. The van der Waals surface area contributed by atoms with E-state index >= 15 is 0 Å². The number of amides is 1. The minimum absolute atomic E-state index is 0.0705. The second-order valence-corrected chi connectivity index (χ2v) is 7.30. The Morgan fingerprint density at radius 2 is 2.13 bits per heavy atom. The molecule has 0 saturated carbocycles. The van der Waals surface area contributed by atoms with Gasteiger partial charge in [0.2, 0.25) is 5.91 Å². The van der Waals surface area contributed by atoms with Gasteiger partial charge in [-0.05, 0) is 48.6 Å². The summed E-state index contributed by atoms with van der Waals surface area (Å²) in [6, 6.07) is 15.3. The number of thiocarbonyl (C=S) groups is 1. The number of rotatable bonds is 6. The number of carbonyl (C=O) groups is 1. The van der Waals surface area contributed by atoms with E-state index in [2.05, 4.69) is 25.5 Å². The van der Waals surface area contributed by atoms with Crippen LogP contribution in [0.5, 0.6) is 5.75 Å². The molecule has 1 saturated heterocycles. The Kier molecular flexibility index (Phi) is 5.67. The van der Waals surface area contributed by atoms with Crippen molar-refractivity contribution in [2.75, 3.05) is 17.3 Å². The van der Waals surface area contributed by atoms with Crippen LogP contribution in [-0.2, 0) is 4.79 Å². The highest BCUT2D eigenvalue weighted by atomic mass is 32.1. The van der Waals surface area contributed by atoms with E-state index in [0.717, 1.165) is 17.1 Å². The SMILES string of the molecule is CCC(=O)Nc1ccc(N2C(=S)N[C@@H](c3ccccn3)[C@H]2c2ccc[nH]2)cc1OC. The molecule has 0 radical (unpaired) electrons. The fourth-order valence-corrected chi connectivity index (χ4v) is 3.99. The fraction of sp³-hybridized carbons (Fsp3) is 0.227. The molecule has 8 heteroatoms. The molecular formula is C22H23N5O2S. The number of hydrogen-bond acceptors (Lipinski definition) is 4. The quantitative estimate of drug-likeness (QED) is 0.523. The zero-order valence-corrected chi connectivity index (χ0v) is 17.6. The molecule has 0 bridgehead atoms. The van der Waals surface area contributed by atoms with Crippen LogP contribution in [0.1, 0.15) is 36.8 Å². The van der Waals surface area contributed by atoms with Crippen LogP contribution in [0.15, 0.2) is 60.9 Å². The smallest absolute Gasteiger partial charge is 0.224 e. The summed E-state index contributed by atoms with van der Waals surface area (Å²) in [4.78, 5) is 21.7. The first-order chi connectivity index (χ1) is 14.6. The molecular weight excluding hydrogens is 398 g/mol. The van der Waals surface area contributed by atoms with Crippen LogP contribution >= 0.6 is 12.2 Å². The lowest BCUT2D eigenvalue weighted by Crippen LogP contribution is -2.29. The zero-order chi connectivity index (χ0) is 21.1. The van der Waals surface area contributed by atoms with E-state index in [0.29, 0.717) is 23.0 Å². The molecule has 0 unspecified atom stereocenters. The Bertz CT molecular complexity index is 1040. The third-order valence-corrected chi connectivity index (χ3v) is 5.41.